The van der Waals surface area contributed by atoms with Gasteiger partial charge in [0.05, 0.1) is 12.8 Å². The first-order chi connectivity index (χ1) is 4.75. The van der Waals surface area contributed by atoms with Crippen LogP contribution in [-0.2, 0) is 4.74 Å². The van der Waals surface area contributed by atoms with Crippen molar-refractivity contribution in [2.24, 2.45) is 0 Å². The fourth-order valence-electron chi connectivity index (χ4n) is 0.967. The zero-order chi connectivity index (χ0) is 7.56. The Kier molecular flexibility index (Phi) is 1.90. The molecule has 0 atom stereocenters. The smallest absolute Gasteiger partial charge is 0.143 e. The van der Waals surface area contributed by atoms with Crippen LogP contribution in [0.1, 0.15) is 13.3 Å². The Balaban J connectivity index is 2.94. The van der Waals surface area contributed by atoms with E-state index in [4.69, 9.17) is 10.1 Å². The fraction of sp³-hybridized carbons (Fsp3) is 0.375. The topological polar surface area (TPSA) is 33.1 Å². The molecule has 0 unspecified atom stereocenters. The molecule has 0 heterocycles. The van der Waals surface area contributed by atoms with Gasteiger partial charge in [-0.05, 0) is 13.0 Å². The van der Waals surface area contributed by atoms with E-state index < -0.39 is 0 Å². The van der Waals surface area contributed by atoms with Crippen LogP contribution in [0, 0.1) is 11.5 Å². The van der Waals surface area contributed by atoms with Crippen LogP contribution in [0.3, 0.4) is 0 Å². The molecule has 0 saturated heterocycles. The third kappa shape index (κ3) is 1.10. The van der Waals surface area contributed by atoms with Crippen molar-refractivity contribution in [2.45, 2.75) is 13.3 Å². The zero-order valence-electron chi connectivity index (χ0n) is 6.19. The summed E-state index contributed by atoms with van der Waals surface area (Å²) in [4.78, 5) is 0. The maximum absolute atomic E-state index is 7.42. The van der Waals surface area contributed by atoms with Gasteiger partial charge in [0, 0.05) is 12.0 Å². The summed E-state index contributed by atoms with van der Waals surface area (Å²) in [6, 6.07) is 0. The highest BCUT2D eigenvalue weighted by Crippen LogP contribution is 2.14. The van der Waals surface area contributed by atoms with Gasteiger partial charge in [-0.1, -0.05) is 6.08 Å². The summed E-state index contributed by atoms with van der Waals surface area (Å²) in [6.45, 7) is 1.89. The Morgan fingerprint density at radius 2 is 2.40 bits per heavy atom. The van der Waals surface area contributed by atoms with Crippen molar-refractivity contribution >= 4 is 5.71 Å². The minimum Gasteiger partial charge on any atom is -0.495 e. The summed E-state index contributed by atoms with van der Waals surface area (Å²) in [7, 11) is 1.58. The second kappa shape index (κ2) is 2.69. The second-order valence-electron chi connectivity index (χ2n) is 2.19. The van der Waals surface area contributed by atoms with Gasteiger partial charge in [0.2, 0.25) is 0 Å². The molecule has 0 aromatic heterocycles. The lowest BCUT2D eigenvalue weighted by Gasteiger charge is -2.11. The minimum atomic E-state index is 0.541. The molecule has 0 aliphatic heterocycles. The average Bonchev–Trinajstić information content (AvgIpc) is 1.88. The Bertz CT molecular complexity index is 213. The van der Waals surface area contributed by atoms with Crippen LogP contribution in [0.15, 0.2) is 17.4 Å². The molecule has 0 aromatic rings. The predicted octanol–water partition coefficient (Wildman–Crippen LogP) is 1.69. The molecule has 2 nitrogen and oxygen atoms in total. The number of nitrogens with one attached hydrogen (secondary N) is 1. The number of hydrogen-bond donors (Lipinski definition) is 1. The van der Waals surface area contributed by atoms with Crippen molar-refractivity contribution in [3.05, 3.63) is 23.5 Å². The quantitative estimate of drug-likeness (QED) is 0.584. The highest BCUT2D eigenvalue weighted by Gasteiger charge is 2.10. The van der Waals surface area contributed by atoms with Gasteiger partial charge in [0.1, 0.15) is 5.76 Å². The highest BCUT2D eigenvalue weighted by atomic mass is 16.5. The molecular formula is C8H10NO. The van der Waals surface area contributed by atoms with E-state index in [0.29, 0.717) is 17.9 Å². The third-order valence-electron chi connectivity index (χ3n) is 1.44. The van der Waals surface area contributed by atoms with Crippen molar-refractivity contribution in [1.82, 2.24) is 0 Å². The lowest BCUT2D eigenvalue weighted by atomic mass is 10.0. The van der Waals surface area contributed by atoms with Crippen LogP contribution >= 0.6 is 0 Å². The van der Waals surface area contributed by atoms with Crippen LogP contribution in [0.5, 0.6) is 0 Å². The molecule has 10 heavy (non-hydrogen) atoms. The molecular weight excluding hydrogens is 126 g/mol. The van der Waals surface area contributed by atoms with Crippen molar-refractivity contribution in [3.63, 3.8) is 0 Å². The SMILES string of the molecule is COC1=C(C)[C]=CCC1=N. The third-order valence-corrected chi connectivity index (χ3v) is 1.44. The molecule has 0 saturated carbocycles. The molecule has 1 radical (unpaired) electrons. The molecule has 0 bridgehead atoms. The van der Waals surface area contributed by atoms with Gasteiger partial charge in [-0.3, -0.25) is 0 Å². The van der Waals surface area contributed by atoms with Crippen molar-refractivity contribution in [2.75, 3.05) is 7.11 Å². The Labute approximate surface area is 60.7 Å². The van der Waals surface area contributed by atoms with E-state index in [2.05, 4.69) is 6.08 Å². The summed E-state index contributed by atoms with van der Waals surface area (Å²) in [5.41, 5.74) is 1.46. The summed E-state index contributed by atoms with van der Waals surface area (Å²) >= 11 is 0. The minimum absolute atomic E-state index is 0.541. The van der Waals surface area contributed by atoms with Crippen molar-refractivity contribution < 1.29 is 4.74 Å². The number of methoxy groups -OCH3 is 1. The fourth-order valence-corrected chi connectivity index (χ4v) is 0.967. The van der Waals surface area contributed by atoms with E-state index in [-0.39, 0.29) is 0 Å². The molecule has 1 aliphatic carbocycles. The van der Waals surface area contributed by atoms with Gasteiger partial charge >= 0.3 is 0 Å². The van der Waals surface area contributed by atoms with Crippen LogP contribution in [0.2, 0.25) is 0 Å². The normalized spacial score (nSPS) is 18.0. The van der Waals surface area contributed by atoms with Crippen molar-refractivity contribution in [1.29, 1.82) is 5.41 Å². The monoisotopic (exact) mass is 136 g/mol. The van der Waals surface area contributed by atoms with E-state index in [0.717, 1.165) is 5.57 Å². The van der Waals surface area contributed by atoms with Gasteiger partial charge in [0.15, 0.2) is 0 Å². The number of ether oxygens (including phenoxy) is 1. The van der Waals surface area contributed by atoms with E-state index >= 15 is 0 Å². The molecule has 53 valence electrons. The van der Waals surface area contributed by atoms with Gasteiger partial charge in [0.25, 0.3) is 0 Å². The summed E-state index contributed by atoms with van der Waals surface area (Å²) < 4.78 is 4.99. The number of rotatable bonds is 1. The standard InChI is InChI=1S/C8H10NO/c1-6-4-3-5-7(9)8(6)10-2/h3,9H,5H2,1-2H3. The molecule has 0 amide bonds. The lowest BCUT2D eigenvalue weighted by Crippen LogP contribution is -2.07. The maximum Gasteiger partial charge on any atom is 0.143 e. The Hall–Kier alpha value is -1.05. The Morgan fingerprint density at radius 1 is 1.70 bits per heavy atom. The number of allylic oxidation sites excluding steroid dienone is 4. The average molecular weight is 136 g/mol. The van der Waals surface area contributed by atoms with Crippen LogP contribution in [0.25, 0.3) is 0 Å². The van der Waals surface area contributed by atoms with Gasteiger partial charge in [-0.25, -0.2) is 0 Å². The molecule has 1 rings (SSSR count). The lowest BCUT2D eigenvalue weighted by molar-refractivity contribution is 0.309. The molecule has 0 fully saturated rings. The van der Waals surface area contributed by atoms with Crippen LogP contribution < -0.4 is 0 Å². The molecule has 1 N–H and O–H groups in total. The highest BCUT2D eigenvalue weighted by molar-refractivity contribution is 5.98. The maximum atomic E-state index is 7.42. The first-order valence-electron chi connectivity index (χ1n) is 3.16. The van der Waals surface area contributed by atoms with E-state index in [1.54, 1.807) is 7.11 Å². The molecule has 1 aliphatic rings. The predicted molar refractivity (Wildman–Crippen MR) is 39.9 cm³/mol. The second-order valence-corrected chi connectivity index (χ2v) is 2.19. The Morgan fingerprint density at radius 3 is 2.80 bits per heavy atom. The first kappa shape index (κ1) is 7.06. The van der Waals surface area contributed by atoms with E-state index in [1.807, 2.05) is 13.0 Å². The summed E-state index contributed by atoms with van der Waals surface area (Å²) in [6.07, 6.45) is 5.49. The first-order valence-corrected chi connectivity index (χ1v) is 3.16. The largest absolute Gasteiger partial charge is 0.495 e. The summed E-state index contributed by atoms with van der Waals surface area (Å²) in [5.74, 6) is 0.669. The molecule has 2 heteroatoms. The van der Waals surface area contributed by atoms with E-state index in [1.165, 1.54) is 0 Å². The van der Waals surface area contributed by atoms with E-state index in [9.17, 15) is 0 Å². The summed E-state index contributed by atoms with van der Waals surface area (Å²) in [5, 5.41) is 7.42. The van der Waals surface area contributed by atoms with Gasteiger partial charge in [-0.2, -0.15) is 0 Å². The molecule has 0 spiro atoms. The van der Waals surface area contributed by atoms with Gasteiger partial charge in [-0.15, -0.1) is 0 Å². The number of hydrogen-bond acceptors (Lipinski definition) is 2. The van der Waals surface area contributed by atoms with Gasteiger partial charge < -0.3 is 10.1 Å². The van der Waals surface area contributed by atoms with Crippen LogP contribution in [0.4, 0.5) is 0 Å². The van der Waals surface area contributed by atoms with Crippen molar-refractivity contribution in [3.8, 4) is 0 Å². The molecule has 0 aromatic carbocycles. The van der Waals surface area contributed by atoms with Crippen LogP contribution in [-0.4, -0.2) is 12.8 Å². The zero-order valence-corrected chi connectivity index (χ0v) is 6.19.